The first kappa shape index (κ1) is 19.3. The number of hydrogen-bond donors (Lipinski definition) is 1. The molecule has 7 heteroatoms. The molecule has 2 N–H and O–H groups in total. The number of nitrogens with zero attached hydrogens (tertiary/aromatic N) is 1. The summed E-state index contributed by atoms with van der Waals surface area (Å²) in [7, 11) is 1.64. The number of ether oxygens (including phenoxy) is 1. The standard InChI is InChI=1S/C16H23F3N2O2/c1-21(15(22)9-4-2-3-5-10-20)12-13-7-6-8-14(11-13)23-16(17,18)19/h6-8,11H,2-5,9-10,12,20H2,1H3. The Labute approximate surface area is 134 Å². The monoisotopic (exact) mass is 332 g/mol. The van der Waals surface area contributed by atoms with E-state index in [1.54, 1.807) is 13.1 Å². The van der Waals surface area contributed by atoms with Crippen LogP contribution in [0.25, 0.3) is 0 Å². The number of benzene rings is 1. The van der Waals surface area contributed by atoms with E-state index in [0.29, 0.717) is 18.5 Å². The first-order valence-electron chi connectivity index (χ1n) is 7.60. The van der Waals surface area contributed by atoms with Crippen molar-refractivity contribution < 1.29 is 22.7 Å². The molecular formula is C16H23F3N2O2. The van der Waals surface area contributed by atoms with E-state index in [-0.39, 0.29) is 18.2 Å². The quantitative estimate of drug-likeness (QED) is 0.705. The van der Waals surface area contributed by atoms with Crippen LogP contribution in [0, 0.1) is 0 Å². The molecule has 23 heavy (non-hydrogen) atoms. The van der Waals surface area contributed by atoms with E-state index in [9.17, 15) is 18.0 Å². The van der Waals surface area contributed by atoms with Gasteiger partial charge >= 0.3 is 6.36 Å². The van der Waals surface area contributed by atoms with Gasteiger partial charge in [-0.05, 0) is 37.1 Å². The first-order valence-corrected chi connectivity index (χ1v) is 7.60. The normalized spacial score (nSPS) is 11.3. The third kappa shape index (κ3) is 8.44. The molecule has 1 aromatic rings. The molecule has 0 saturated carbocycles. The Bertz CT molecular complexity index is 492. The van der Waals surface area contributed by atoms with Crippen LogP contribution in [-0.2, 0) is 11.3 Å². The van der Waals surface area contributed by atoms with Crippen LogP contribution < -0.4 is 10.5 Å². The molecule has 0 bridgehead atoms. The Morgan fingerprint density at radius 2 is 1.91 bits per heavy atom. The number of carbonyl (C=O) groups is 1. The maximum Gasteiger partial charge on any atom is 0.573 e. The number of carbonyl (C=O) groups excluding carboxylic acids is 1. The summed E-state index contributed by atoms with van der Waals surface area (Å²) < 4.78 is 40.5. The maximum atomic E-state index is 12.2. The number of halogens is 3. The Kier molecular flexibility index (Phi) is 7.88. The Balaban J connectivity index is 2.45. The van der Waals surface area contributed by atoms with Crippen LogP contribution in [0.4, 0.5) is 13.2 Å². The van der Waals surface area contributed by atoms with Crippen LogP contribution in [0.1, 0.15) is 37.7 Å². The maximum absolute atomic E-state index is 12.2. The van der Waals surface area contributed by atoms with Gasteiger partial charge in [0.05, 0.1) is 0 Å². The lowest BCUT2D eigenvalue weighted by Crippen LogP contribution is -2.26. The molecular weight excluding hydrogens is 309 g/mol. The molecule has 0 aromatic heterocycles. The predicted molar refractivity (Wildman–Crippen MR) is 81.7 cm³/mol. The topological polar surface area (TPSA) is 55.6 Å². The molecule has 0 heterocycles. The molecule has 0 fully saturated rings. The number of unbranched alkanes of at least 4 members (excludes halogenated alkanes) is 3. The van der Waals surface area contributed by atoms with Crippen molar-refractivity contribution in [1.29, 1.82) is 0 Å². The molecule has 4 nitrogen and oxygen atoms in total. The predicted octanol–water partition coefficient (Wildman–Crippen LogP) is 3.45. The van der Waals surface area contributed by atoms with Gasteiger partial charge in [0.15, 0.2) is 0 Å². The molecule has 0 unspecified atom stereocenters. The molecule has 0 aliphatic rings. The fraction of sp³-hybridized carbons (Fsp3) is 0.562. The van der Waals surface area contributed by atoms with Crippen molar-refractivity contribution in [2.24, 2.45) is 5.73 Å². The lowest BCUT2D eigenvalue weighted by atomic mass is 10.1. The first-order chi connectivity index (χ1) is 10.8. The highest BCUT2D eigenvalue weighted by Crippen LogP contribution is 2.23. The van der Waals surface area contributed by atoms with Crippen molar-refractivity contribution in [2.75, 3.05) is 13.6 Å². The van der Waals surface area contributed by atoms with Crippen LogP contribution in [0.15, 0.2) is 24.3 Å². The van der Waals surface area contributed by atoms with E-state index in [1.807, 2.05) is 0 Å². The van der Waals surface area contributed by atoms with Crippen LogP contribution in [0.5, 0.6) is 5.75 Å². The van der Waals surface area contributed by atoms with Crippen molar-refractivity contribution in [2.45, 2.75) is 45.0 Å². The van der Waals surface area contributed by atoms with Gasteiger partial charge < -0.3 is 15.4 Å². The number of amides is 1. The minimum Gasteiger partial charge on any atom is -0.406 e. The molecule has 1 amide bonds. The minimum absolute atomic E-state index is 0.0279. The van der Waals surface area contributed by atoms with Crippen molar-refractivity contribution in [3.05, 3.63) is 29.8 Å². The summed E-state index contributed by atoms with van der Waals surface area (Å²) in [6, 6.07) is 5.66. The van der Waals surface area contributed by atoms with Gasteiger partial charge in [-0.3, -0.25) is 4.79 Å². The van der Waals surface area contributed by atoms with Gasteiger partial charge in [0, 0.05) is 20.0 Å². The number of rotatable bonds is 9. The smallest absolute Gasteiger partial charge is 0.406 e. The van der Waals surface area contributed by atoms with E-state index in [4.69, 9.17) is 5.73 Å². The third-order valence-electron chi connectivity index (χ3n) is 3.32. The molecule has 0 aliphatic carbocycles. The Hall–Kier alpha value is -1.76. The van der Waals surface area contributed by atoms with E-state index in [2.05, 4.69) is 4.74 Å². The highest BCUT2D eigenvalue weighted by molar-refractivity contribution is 5.75. The summed E-state index contributed by atoms with van der Waals surface area (Å²) in [4.78, 5) is 13.5. The van der Waals surface area contributed by atoms with E-state index >= 15 is 0 Å². The van der Waals surface area contributed by atoms with Crippen LogP contribution in [0.3, 0.4) is 0 Å². The lowest BCUT2D eigenvalue weighted by Gasteiger charge is -2.18. The van der Waals surface area contributed by atoms with Gasteiger partial charge in [0.1, 0.15) is 5.75 Å². The van der Waals surface area contributed by atoms with Crippen molar-refractivity contribution >= 4 is 5.91 Å². The number of hydrogen-bond acceptors (Lipinski definition) is 3. The molecule has 1 rings (SSSR count). The van der Waals surface area contributed by atoms with Crippen LogP contribution >= 0.6 is 0 Å². The summed E-state index contributed by atoms with van der Waals surface area (Å²) in [5.74, 6) is -0.308. The second-order valence-corrected chi connectivity index (χ2v) is 5.40. The second-order valence-electron chi connectivity index (χ2n) is 5.40. The molecule has 0 atom stereocenters. The van der Waals surface area contributed by atoms with Gasteiger partial charge in [-0.2, -0.15) is 0 Å². The molecule has 0 aliphatic heterocycles. The second kappa shape index (κ2) is 9.39. The zero-order valence-corrected chi connectivity index (χ0v) is 13.2. The summed E-state index contributed by atoms with van der Waals surface area (Å²) in [5.41, 5.74) is 5.99. The Morgan fingerprint density at radius 1 is 1.22 bits per heavy atom. The molecule has 0 saturated heterocycles. The highest BCUT2D eigenvalue weighted by atomic mass is 19.4. The van der Waals surface area contributed by atoms with Crippen LogP contribution in [-0.4, -0.2) is 30.8 Å². The highest BCUT2D eigenvalue weighted by Gasteiger charge is 2.31. The zero-order valence-electron chi connectivity index (χ0n) is 13.2. The third-order valence-corrected chi connectivity index (χ3v) is 3.32. The van der Waals surface area contributed by atoms with Gasteiger partial charge in [0.25, 0.3) is 0 Å². The number of alkyl halides is 3. The fourth-order valence-corrected chi connectivity index (χ4v) is 2.17. The minimum atomic E-state index is -4.72. The zero-order chi connectivity index (χ0) is 17.3. The van der Waals surface area contributed by atoms with Gasteiger partial charge in [0.2, 0.25) is 5.91 Å². The molecule has 0 spiro atoms. The van der Waals surface area contributed by atoms with E-state index < -0.39 is 6.36 Å². The average molecular weight is 332 g/mol. The fourth-order valence-electron chi connectivity index (χ4n) is 2.17. The summed E-state index contributed by atoms with van der Waals surface area (Å²) in [6.45, 7) is 0.904. The van der Waals surface area contributed by atoms with Gasteiger partial charge in [-0.1, -0.05) is 25.0 Å². The molecule has 130 valence electrons. The van der Waals surface area contributed by atoms with E-state index in [0.717, 1.165) is 25.7 Å². The van der Waals surface area contributed by atoms with Crippen LogP contribution in [0.2, 0.25) is 0 Å². The largest absolute Gasteiger partial charge is 0.573 e. The van der Waals surface area contributed by atoms with Gasteiger partial charge in [-0.15, -0.1) is 13.2 Å². The van der Waals surface area contributed by atoms with Gasteiger partial charge in [-0.25, -0.2) is 0 Å². The Morgan fingerprint density at radius 3 is 2.57 bits per heavy atom. The lowest BCUT2D eigenvalue weighted by molar-refractivity contribution is -0.274. The molecule has 1 aromatic carbocycles. The SMILES string of the molecule is CN(Cc1cccc(OC(F)(F)F)c1)C(=O)CCCCCCN. The molecule has 0 radical (unpaired) electrons. The van der Waals surface area contributed by atoms with Crippen molar-refractivity contribution in [3.8, 4) is 5.75 Å². The summed E-state index contributed by atoms with van der Waals surface area (Å²) in [5, 5.41) is 0. The number of nitrogens with two attached hydrogens (primary N) is 1. The average Bonchev–Trinajstić information content (AvgIpc) is 2.45. The van der Waals surface area contributed by atoms with Crippen molar-refractivity contribution in [3.63, 3.8) is 0 Å². The summed E-state index contributed by atoms with van der Waals surface area (Å²) in [6.07, 6.45) is -0.587. The van der Waals surface area contributed by atoms with E-state index in [1.165, 1.54) is 23.1 Å². The summed E-state index contributed by atoms with van der Waals surface area (Å²) >= 11 is 0. The van der Waals surface area contributed by atoms with Crippen molar-refractivity contribution in [1.82, 2.24) is 4.90 Å².